The van der Waals surface area contributed by atoms with Crippen molar-refractivity contribution < 1.29 is 4.52 Å². The number of nitrogens with zero attached hydrogens (tertiary/aromatic N) is 2. The van der Waals surface area contributed by atoms with E-state index < -0.39 is 0 Å². The van der Waals surface area contributed by atoms with Gasteiger partial charge in [-0.2, -0.15) is 0 Å². The van der Waals surface area contributed by atoms with Crippen LogP contribution in [-0.4, -0.2) is 29.7 Å². The summed E-state index contributed by atoms with van der Waals surface area (Å²) in [5.74, 6) is 0.975. The second-order valence-electron chi connectivity index (χ2n) is 4.61. The second kappa shape index (κ2) is 5.46. The Balaban J connectivity index is 1.77. The molecule has 4 nitrogen and oxygen atoms in total. The Morgan fingerprint density at radius 1 is 1.56 bits per heavy atom. The zero-order valence-electron chi connectivity index (χ0n) is 10.2. The van der Waals surface area contributed by atoms with Crippen molar-refractivity contribution in [3.63, 3.8) is 0 Å². The minimum atomic E-state index is 0.770. The van der Waals surface area contributed by atoms with Gasteiger partial charge in [0, 0.05) is 18.7 Å². The lowest BCUT2D eigenvalue weighted by Crippen LogP contribution is -2.19. The molecule has 0 atom stereocenters. The molecule has 1 aliphatic carbocycles. The maximum atomic E-state index is 5.31. The van der Waals surface area contributed by atoms with Crippen LogP contribution in [-0.2, 0) is 13.1 Å². The third-order valence-corrected chi connectivity index (χ3v) is 2.92. The van der Waals surface area contributed by atoms with E-state index in [2.05, 4.69) is 35.4 Å². The minimum absolute atomic E-state index is 0.770. The Hall–Kier alpha value is -0.870. The predicted molar refractivity (Wildman–Crippen MR) is 63.0 cm³/mol. The van der Waals surface area contributed by atoms with Crippen LogP contribution >= 0.6 is 0 Å². The summed E-state index contributed by atoms with van der Waals surface area (Å²) in [6.45, 7) is 4.88. The van der Waals surface area contributed by atoms with E-state index >= 15 is 0 Å². The number of aromatic nitrogens is 1. The fraction of sp³-hybridized carbons (Fsp3) is 0.750. The molecule has 0 saturated heterocycles. The predicted octanol–water partition coefficient (Wildman–Crippen LogP) is 1.77. The highest BCUT2D eigenvalue weighted by molar-refractivity contribution is 5.05. The molecule has 1 aromatic rings. The Morgan fingerprint density at radius 3 is 3.06 bits per heavy atom. The number of hydrogen-bond donors (Lipinski definition) is 1. The first-order chi connectivity index (χ1) is 7.79. The van der Waals surface area contributed by atoms with Crippen molar-refractivity contribution >= 4 is 0 Å². The van der Waals surface area contributed by atoms with Crippen LogP contribution in [0.25, 0.3) is 0 Å². The largest absolute Gasteiger partial charge is 0.360 e. The molecule has 0 radical (unpaired) electrons. The molecule has 1 aliphatic rings. The van der Waals surface area contributed by atoms with Gasteiger partial charge in [-0.05, 0) is 32.9 Å². The standard InChI is InChI=1S/C12H21N3O/c1-3-6-13-8-10-7-12(16-14-10)9-15(2)11-4-5-11/h7,11,13H,3-6,8-9H2,1-2H3. The molecule has 16 heavy (non-hydrogen) atoms. The van der Waals surface area contributed by atoms with Crippen LogP contribution in [0.15, 0.2) is 10.6 Å². The molecule has 0 unspecified atom stereocenters. The van der Waals surface area contributed by atoms with Crippen LogP contribution in [0.5, 0.6) is 0 Å². The quantitative estimate of drug-likeness (QED) is 0.715. The number of nitrogens with one attached hydrogen (secondary N) is 1. The molecular formula is C12H21N3O. The van der Waals surface area contributed by atoms with E-state index in [9.17, 15) is 0 Å². The summed E-state index contributed by atoms with van der Waals surface area (Å²) in [5.41, 5.74) is 1.01. The highest BCUT2D eigenvalue weighted by Gasteiger charge is 2.26. The Bertz CT molecular complexity index is 320. The molecule has 0 amide bonds. The first-order valence-corrected chi connectivity index (χ1v) is 6.15. The topological polar surface area (TPSA) is 41.3 Å². The van der Waals surface area contributed by atoms with Crippen LogP contribution in [0.2, 0.25) is 0 Å². The molecule has 1 N–H and O–H groups in total. The molecule has 1 aromatic heterocycles. The van der Waals surface area contributed by atoms with Crippen molar-refractivity contribution in [3.05, 3.63) is 17.5 Å². The van der Waals surface area contributed by atoms with Gasteiger partial charge in [-0.25, -0.2) is 0 Å². The van der Waals surface area contributed by atoms with Crippen molar-refractivity contribution in [1.29, 1.82) is 0 Å². The second-order valence-corrected chi connectivity index (χ2v) is 4.61. The highest BCUT2D eigenvalue weighted by Crippen LogP contribution is 2.26. The van der Waals surface area contributed by atoms with Crippen molar-refractivity contribution in [2.45, 2.75) is 45.3 Å². The third kappa shape index (κ3) is 3.32. The SMILES string of the molecule is CCCNCc1cc(CN(C)C2CC2)on1. The molecule has 0 aliphatic heterocycles. The maximum absolute atomic E-state index is 5.31. The fourth-order valence-electron chi connectivity index (χ4n) is 1.80. The lowest BCUT2D eigenvalue weighted by molar-refractivity contribution is 0.264. The zero-order chi connectivity index (χ0) is 11.4. The summed E-state index contributed by atoms with van der Waals surface area (Å²) in [6.07, 6.45) is 3.81. The summed E-state index contributed by atoms with van der Waals surface area (Å²) in [6, 6.07) is 2.83. The molecular weight excluding hydrogens is 202 g/mol. The van der Waals surface area contributed by atoms with Gasteiger partial charge < -0.3 is 9.84 Å². The van der Waals surface area contributed by atoms with Gasteiger partial charge in [0.1, 0.15) is 0 Å². The van der Waals surface area contributed by atoms with Gasteiger partial charge in [0.25, 0.3) is 0 Å². The summed E-state index contributed by atoms with van der Waals surface area (Å²) >= 11 is 0. The Labute approximate surface area is 97.0 Å². The monoisotopic (exact) mass is 223 g/mol. The number of rotatable bonds is 7. The van der Waals surface area contributed by atoms with Crippen LogP contribution in [0.1, 0.15) is 37.6 Å². The Morgan fingerprint density at radius 2 is 2.38 bits per heavy atom. The van der Waals surface area contributed by atoms with E-state index in [1.54, 1.807) is 0 Å². The average Bonchev–Trinajstić information content (AvgIpc) is 3.03. The summed E-state index contributed by atoms with van der Waals surface area (Å²) in [4.78, 5) is 2.34. The lowest BCUT2D eigenvalue weighted by Gasteiger charge is -2.12. The summed E-state index contributed by atoms with van der Waals surface area (Å²) in [5, 5.41) is 7.37. The third-order valence-electron chi connectivity index (χ3n) is 2.92. The molecule has 0 spiro atoms. The van der Waals surface area contributed by atoms with E-state index in [1.807, 2.05) is 0 Å². The number of hydrogen-bond acceptors (Lipinski definition) is 4. The van der Waals surface area contributed by atoms with Gasteiger partial charge in [-0.3, -0.25) is 4.90 Å². The van der Waals surface area contributed by atoms with Gasteiger partial charge >= 0.3 is 0 Å². The normalized spacial score (nSPS) is 15.9. The van der Waals surface area contributed by atoms with Crippen molar-refractivity contribution in [2.24, 2.45) is 0 Å². The molecule has 1 saturated carbocycles. The van der Waals surface area contributed by atoms with E-state index in [-0.39, 0.29) is 0 Å². The van der Waals surface area contributed by atoms with E-state index in [1.165, 1.54) is 12.8 Å². The van der Waals surface area contributed by atoms with Crippen LogP contribution in [0.4, 0.5) is 0 Å². The first kappa shape index (κ1) is 11.6. The zero-order valence-corrected chi connectivity index (χ0v) is 10.2. The molecule has 2 rings (SSSR count). The van der Waals surface area contributed by atoms with Crippen LogP contribution in [0, 0.1) is 0 Å². The highest BCUT2D eigenvalue weighted by atomic mass is 16.5. The van der Waals surface area contributed by atoms with Gasteiger partial charge in [0.05, 0.1) is 12.2 Å². The minimum Gasteiger partial charge on any atom is -0.360 e. The van der Waals surface area contributed by atoms with Crippen LogP contribution < -0.4 is 5.32 Å². The first-order valence-electron chi connectivity index (χ1n) is 6.15. The molecule has 90 valence electrons. The smallest absolute Gasteiger partial charge is 0.151 e. The van der Waals surface area contributed by atoms with E-state index in [0.717, 1.165) is 43.6 Å². The summed E-state index contributed by atoms with van der Waals surface area (Å²) < 4.78 is 5.31. The van der Waals surface area contributed by atoms with Gasteiger partial charge in [0.15, 0.2) is 5.76 Å². The molecule has 0 aromatic carbocycles. The van der Waals surface area contributed by atoms with E-state index in [0.29, 0.717) is 0 Å². The van der Waals surface area contributed by atoms with Crippen molar-refractivity contribution in [2.75, 3.05) is 13.6 Å². The molecule has 1 heterocycles. The van der Waals surface area contributed by atoms with Crippen molar-refractivity contribution in [1.82, 2.24) is 15.4 Å². The van der Waals surface area contributed by atoms with Gasteiger partial charge in [0.2, 0.25) is 0 Å². The van der Waals surface area contributed by atoms with Crippen LogP contribution in [0.3, 0.4) is 0 Å². The fourth-order valence-corrected chi connectivity index (χ4v) is 1.80. The van der Waals surface area contributed by atoms with Gasteiger partial charge in [-0.1, -0.05) is 12.1 Å². The molecule has 1 fully saturated rings. The Kier molecular flexibility index (Phi) is 3.96. The van der Waals surface area contributed by atoms with Crippen molar-refractivity contribution in [3.8, 4) is 0 Å². The van der Waals surface area contributed by atoms with E-state index in [4.69, 9.17) is 4.52 Å². The maximum Gasteiger partial charge on any atom is 0.151 e. The average molecular weight is 223 g/mol. The summed E-state index contributed by atoms with van der Waals surface area (Å²) in [7, 11) is 2.15. The molecule has 0 bridgehead atoms. The van der Waals surface area contributed by atoms with Gasteiger partial charge in [-0.15, -0.1) is 0 Å². The lowest BCUT2D eigenvalue weighted by atomic mass is 10.3. The molecule has 4 heteroatoms.